The number of amides is 2. The second-order valence-corrected chi connectivity index (χ2v) is 9.60. The lowest BCUT2D eigenvalue weighted by Gasteiger charge is -2.16. The highest BCUT2D eigenvalue weighted by molar-refractivity contribution is 8.16. The summed E-state index contributed by atoms with van der Waals surface area (Å²) in [5.41, 5.74) is 3.07. The van der Waals surface area contributed by atoms with Gasteiger partial charge in [0.25, 0.3) is 0 Å². The Balaban J connectivity index is 1.49. The summed E-state index contributed by atoms with van der Waals surface area (Å²) in [5, 5.41) is 20.7. The molecule has 38 heavy (non-hydrogen) atoms. The van der Waals surface area contributed by atoms with Crippen molar-refractivity contribution in [1.82, 2.24) is 0 Å². The van der Waals surface area contributed by atoms with Crippen LogP contribution in [0.15, 0.2) is 94.6 Å². The second-order valence-electron chi connectivity index (χ2n) is 8.43. The van der Waals surface area contributed by atoms with Gasteiger partial charge in [-0.1, -0.05) is 48.2 Å². The third-order valence-electron chi connectivity index (χ3n) is 5.46. The van der Waals surface area contributed by atoms with Crippen molar-refractivity contribution in [3.63, 3.8) is 0 Å². The molecule has 1 aliphatic rings. The van der Waals surface area contributed by atoms with Crippen molar-refractivity contribution in [1.29, 1.82) is 0 Å². The second kappa shape index (κ2) is 12.7. The third-order valence-corrected chi connectivity index (χ3v) is 6.59. The first-order valence-corrected chi connectivity index (χ1v) is 13.0. The predicted octanol–water partition coefficient (Wildman–Crippen LogP) is 5.71. The van der Waals surface area contributed by atoms with Crippen molar-refractivity contribution in [2.45, 2.75) is 25.5 Å². The Kier molecular flexibility index (Phi) is 8.94. The number of aromatic hydroxyl groups is 1. The lowest BCUT2D eigenvalue weighted by atomic mass is 10.1. The van der Waals surface area contributed by atoms with E-state index in [0.717, 1.165) is 11.1 Å². The van der Waals surface area contributed by atoms with E-state index in [9.17, 15) is 14.7 Å². The van der Waals surface area contributed by atoms with E-state index in [1.807, 2.05) is 50.3 Å². The van der Waals surface area contributed by atoms with Crippen LogP contribution in [0.1, 0.15) is 25.8 Å². The SMILES string of the molecule is CCOc1ccc(NC(=O)CC2S/C(=N/N=C/C(C)=C/c3ccccc3)N(c3ccc(O)cc3)C2=O)cc1. The van der Waals surface area contributed by atoms with Crippen LogP contribution in [0, 0.1) is 0 Å². The van der Waals surface area contributed by atoms with Crippen molar-refractivity contribution < 1.29 is 19.4 Å². The number of hydrogen-bond acceptors (Lipinski definition) is 7. The molecule has 1 saturated heterocycles. The number of ether oxygens (including phenoxy) is 1. The lowest BCUT2D eigenvalue weighted by molar-refractivity contribution is -0.121. The molecule has 2 amide bonds. The van der Waals surface area contributed by atoms with Gasteiger partial charge in [0.15, 0.2) is 5.17 Å². The number of allylic oxidation sites excluding steroid dienone is 1. The minimum Gasteiger partial charge on any atom is -0.508 e. The summed E-state index contributed by atoms with van der Waals surface area (Å²) in [7, 11) is 0. The number of thioether (sulfide) groups is 1. The van der Waals surface area contributed by atoms with Gasteiger partial charge in [-0.2, -0.15) is 5.10 Å². The number of phenolic OH excluding ortho intramolecular Hbond substituents is 1. The predicted molar refractivity (Wildman–Crippen MR) is 154 cm³/mol. The van der Waals surface area contributed by atoms with Crippen molar-refractivity contribution in [2.24, 2.45) is 10.2 Å². The molecule has 1 fully saturated rings. The van der Waals surface area contributed by atoms with Crippen molar-refractivity contribution in [3.8, 4) is 11.5 Å². The monoisotopic (exact) mass is 528 g/mol. The van der Waals surface area contributed by atoms with Gasteiger partial charge in [0.1, 0.15) is 16.7 Å². The molecule has 1 atom stereocenters. The van der Waals surface area contributed by atoms with Gasteiger partial charge >= 0.3 is 0 Å². The standard InChI is InChI=1S/C29H28N4O4S/c1-3-37-25-15-9-22(10-16-25)31-27(35)18-26-28(36)33(23-11-13-24(34)14-12-23)29(38-26)32-30-19-20(2)17-21-7-5-4-6-8-21/h4-17,19,26,34H,3,18H2,1-2H3,(H,31,35)/b20-17+,30-19+,32-29+. The Bertz CT molecular complexity index is 1350. The fourth-order valence-electron chi connectivity index (χ4n) is 3.71. The minimum atomic E-state index is -0.679. The van der Waals surface area contributed by atoms with Gasteiger partial charge in [0, 0.05) is 12.1 Å². The Morgan fingerprint density at radius 2 is 1.79 bits per heavy atom. The molecule has 3 aromatic rings. The topological polar surface area (TPSA) is 104 Å². The van der Waals surface area contributed by atoms with E-state index in [4.69, 9.17) is 4.74 Å². The smallest absolute Gasteiger partial charge is 0.247 e. The average molecular weight is 529 g/mol. The molecule has 9 heteroatoms. The Morgan fingerprint density at radius 1 is 1.08 bits per heavy atom. The zero-order chi connectivity index (χ0) is 26.9. The summed E-state index contributed by atoms with van der Waals surface area (Å²) in [6.45, 7) is 4.37. The Labute approximate surface area is 225 Å². The molecule has 0 aromatic heterocycles. The maximum Gasteiger partial charge on any atom is 0.247 e. The fraction of sp³-hybridized carbons (Fsp3) is 0.172. The zero-order valence-corrected chi connectivity index (χ0v) is 21.9. The average Bonchev–Trinajstić information content (AvgIpc) is 3.20. The molecule has 194 valence electrons. The van der Waals surface area contributed by atoms with Gasteiger partial charge in [-0.15, -0.1) is 5.10 Å². The highest BCUT2D eigenvalue weighted by Gasteiger charge is 2.40. The van der Waals surface area contributed by atoms with E-state index < -0.39 is 5.25 Å². The summed E-state index contributed by atoms with van der Waals surface area (Å²) in [4.78, 5) is 27.5. The van der Waals surface area contributed by atoms with Gasteiger partial charge in [0.05, 0.1) is 18.5 Å². The number of benzene rings is 3. The van der Waals surface area contributed by atoms with Crippen LogP contribution in [0.4, 0.5) is 11.4 Å². The minimum absolute atomic E-state index is 0.0407. The van der Waals surface area contributed by atoms with Crippen LogP contribution in [-0.4, -0.2) is 40.2 Å². The number of rotatable bonds is 9. The maximum atomic E-state index is 13.3. The van der Waals surface area contributed by atoms with Gasteiger partial charge in [-0.25, -0.2) is 0 Å². The summed E-state index contributed by atoms with van der Waals surface area (Å²) in [5.74, 6) is 0.217. The fourth-order valence-corrected chi connectivity index (χ4v) is 4.80. The molecule has 3 aromatic carbocycles. The number of hydrogen-bond donors (Lipinski definition) is 2. The highest BCUT2D eigenvalue weighted by Crippen LogP contribution is 2.34. The molecule has 0 spiro atoms. The number of anilines is 2. The number of carbonyl (C=O) groups is 2. The molecule has 1 aliphatic heterocycles. The Hall–Kier alpha value is -4.37. The van der Waals surface area contributed by atoms with E-state index in [1.54, 1.807) is 42.6 Å². The Morgan fingerprint density at radius 3 is 2.47 bits per heavy atom. The van der Waals surface area contributed by atoms with Gasteiger partial charge in [-0.3, -0.25) is 14.5 Å². The summed E-state index contributed by atoms with van der Waals surface area (Å²) in [6, 6.07) is 23.1. The molecule has 1 heterocycles. The van der Waals surface area contributed by atoms with Crippen LogP contribution in [0.5, 0.6) is 11.5 Å². The molecule has 8 nitrogen and oxygen atoms in total. The van der Waals surface area contributed by atoms with Crippen LogP contribution in [0.25, 0.3) is 6.08 Å². The molecular weight excluding hydrogens is 500 g/mol. The molecular formula is C29H28N4O4S. The third kappa shape index (κ3) is 7.10. The quantitative estimate of drug-likeness (QED) is 0.273. The van der Waals surface area contributed by atoms with Gasteiger partial charge < -0.3 is 15.2 Å². The molecule has 2 N–H and O–H groups in total. The summed E-state index contributed by atoms with van der Waals surface area (Å²) in [6.07, 6.45) is 3.55. The molecule has 0 saturated carbocycles. The van der Waals surface area contributed by atoms with Crippen LogP contribution >= 0.6 is 11.8 Å². The maximum absolute atomic E-state index is 13.3. The largest absolute Gasteiger partial charge is 0.508 e. The van der Waals surface area contributed by atoms with E-state index in [1.165, 1.54) is 28.8 Å². The number of amidine groups is 1. The molecule has 0 aliphatic carbocycles. The van der Waals surface area contributed by atoms with Crippen LogP contribution < -0.4 is 15.0 Å². The van der Waals surface area contributed by atoms with Crippen molar-refractivity contribution >= 4 is 52.4 Å². The molecule has 4 rings (SSSR count). The van der Waals surface area contributed by atoms with Crippen LogP contribution in [0.2, 0.25) is 0 Å². The number of phenols is 1. The van der Waals surface area contributed by atoms with Crippen molar-refractivity contribution in [3.05, 3.63) is 90.0 Å². The summed E-state index contributed by atoms with van der Waals surface area (Å²) >= 11 is 1.18. The molecule has 1 unspecified atom stereocenters. The first-order valence-electron chi connectivity index (χ1n) is 12.1. The van der Waals surface area contributed by atoms with Gasteiger partial charge in [-0.05, 0) is 73.5 Å². The van der Waals surface area contributed by atoms with E-state index >= 15 is 0 Å². The van der Waals surface area contributed by atoms with Crippen molar-refractivity contribution in [2.75, 3.05) is 16.8 Å². The first kappa shape index (κ1) is 26.7. The number of carbonyl (C=O) groups excluding carboxylic acids is 2. The zero-order valence-electron chi connectivity index (χ0n) is 21.1. The van der Waals surface area contributed by atoms with Crippen LogP contribution in [0.3, 0.4) is 0 Å². The molecule has 0 radical (unpaired) electrons. The number of nitrogens with zero attached hydrogens (tertiary/aromatic N) is 3. The van der Waals surface area contributed by atoms with E-state index in [0.29, 0.717) is 28.9 Å². The summed E-state index contributed by atoms with van der Waals surface area (Å²) < 4.78 is 5.43. The normalized spacial score (nSPS) is 16.8. The lowest BCUT2D eigenvalue weighted by Crippen LogP contribution is -2.33. The van der Waals surface area contributed by atoms with E-state index in [2.05, 4.69) is 15.5 Å². The van der Waals surface area contributed by atoms with Gasteiger partial charge in [0.2, 0.25) is 11.8 Å². The number of nitrogens with one attached hydrogen (secondary N) is 1. The van der Waals surface area contributed by atoms with Crippen LogP contribution in [-0.2, 0) is 9.59 Å². The van der Waals surface area contributed by atoms with E-state index in [-0.39, 0.29) is 24.0 Å². The highest BCUT2D eigenvalue weighted by atomic mass is 32.2. The first-order chi connectivity index (χ1) is 18.4. The molecule has 0 bridgehead atoms.